The summed E-state index contributed by atoms with van der Waals surface area (Å²) in [7, 11) is 2.12. The summed E-state index contributed by atoms with van der Waals surface area (Å²) in [6, 6.07) is 8.85. The van der Waals surface area contributed by atoms with E-state index >= 15 is 0 Å². The topological polar surface area (TPSA) is 41.7 Å². The van der Waals surface area contributed by atoms with E-state index in [1.807, 2.05) is 24.3 Å². The van der Waals surface area contributed by atoms with Gasteiger partial charge in [0.25, 0.3) is 0 Å². The first-order valence-corrected chi connectivity index (χ1v) is 9.83. The van der Waals surface area contributed by atoms with E-state index in [1.165, 1.54) is 19.4 Å². The predicted molar refractivity (Wildman–Crippen MR) is 102 cm³/mol. The summed E-state index contributed by atoms with van der Waals surface area (Å²) in [5.41, 5.74) is 2.09. The molecular weight excluding hydrogens is 326 g/mol. The van der Waals surface area contributed by atoms with Gasteiger partial charge < -0.3 is 14.1 Å². The zero-order valence-corrected chi connectivity index (χ0v) is 15.9. The number of benzene rings is 1. The summed E-state index contributed by atoms with van der Waals surface area (Å²) in [5, 5.41) is 0. The lowest BCUT2D eigenvalue weighted by Gasteiger charge is -2.20. The number of oxazole rings is 1. The fraction of sp³-hybridized carbons (Fsp3) is 0.571. The lowest BCUT2D eigenvalue weighted by atomic mass is 10.2. The Morgan fingerprint density at radius 3 is 2.85 bits per heavy atom. The number of likely N-dealkylation sites (N-methyl/N-ethyl adjacent to an activating group) is 1. The summed E-state index contributed by atoms with van der Waals surface area (Å²) in [6.45, 7) is 7.37. The second kappa shape index (κ2) is 7.80. The highest BCUT2D eigenvalue weighted by atomic mass is 16.5. The molecule has 140 valence electrons. The minimum absolute atomic E-state index is 0.722. The number of nitrogens with zero attached hydrogens (tertiary/aromatic N) is 3. The van der Waals surface area contributed by atoms with Crippen molar-refractivity contribution < 1.29 is 9.15 Å². The van der Waals surface area contributed by atoms with Crippen molar-refractivity contribution in [2.45, 2.75) is 45.2 Å². The highest BCUT2D eigenvalue weighted by molar-refractivity contribution is 5.55. The Balaban J connectivity index is 1.29. The first kappa shape index (κ1) is 17.6. The number of hydrogen-bond donors (Lipinski definition) is 0. The Morgan fingerprint density at radius 2 is 2.08 bits per heavy atom. The molecule has 0 unspecified atom stereocenters. The number of rotatable bonds is 6. The van der Waals surface area contributed by atoms with E-state index in [-0.39, 0.29) is 0 Å². The van der Waals surface area contributed by atoms with Crippen molar-refractivity contribution in [2.75, 3.05) is 33.3 Å². The van der Waals surface area contributed by atoms with Gasteiger partial charge in [-0.3, -0.25) is 4.90 Å². The van der Waals surface area contributed by atoms with Crippen LogP contribution in [-0.2, 0) is 13.0 Å². The van der Waals surface area contributed by atoms with Gasteiger partial charge in [-0.2, -0.15) is 0 Å². The van der Waals surface area contributed by atoms with Crippen LogP contribution in [0.1, 0.15) is 37.6 Å². The van der Waals surface area contributed by atoms with Crippen LogP contribution in [0.3, 0.4) is 0 Å². The van der Waals surface area contributed by atoms with Gasteiger partial charge in [-0.1, -0.05) is 0 Å². The smallest absolute Gasteiger partial charge is 0.226 e. The molecular formula is C21H29N3O2. The molecule has 5 heteroatoms. The van der Waals surface area contributed by atoms with Gasteiger partial charge in [-0.05, 0) is 64.0 Å². The molecule has 3 heterocycles. The molecule has 1 fully saturated rings. The third-order valence-electron chi connectivity index (χ3n) is 5.57. The molecule has 0 aliphatic carbocycles. The number of likely N-dealkylation sites (tertiary alicyclic amines) is 1. The molecule has 5 nitrogen and oxygen atoms in total. The number of aromatic nitrogens is 1. The van der Waals surface area contributed by atoms with E-state index in [1.54, 1.807) is 0 Å². The van der Waals surface area contributed by atoms with Crippen molar-refractivity contribution in [3.05, 3.63) is 35.7 Å². The molecule has 2 aliphatic rings. The van der Waals surface area contributed by atoms with Gasteiger partial charge >= 0.3 is 0 Å². The van der Waals surface area contributed by atoms with E-state index in [0.29, 0.717) is 0 Å². The molecule has 0 radical (unpaired) electrons. The Bertz CT molecular complexity index is 725. The van der Waals surface area contributed by atoms with Gasteiger partial charge in [-0.25, -0.2) is 4.98 Å². The van der Waals surface area contributed by atoms with Crippen LogP contribution in [0.2, 0.25) is 0 Å². The number of hydrogen-bond acceptors (Lipinski definition) is 5. The fourth-order valence-electron chi connectivity index (χ4n) is 3.93. The zero-order valence-electron chi connectivity index (χ0n) is 15.9. The van der Waals surface area contributed by atoms with Crippen LogP contribution in [0.25, 0.3) is 11.5 Å². The maximum absolute atomic E-state index is 5.96. The van der Waals surface area contributed by atoms with Crippen LogP contribution in [0, 0.1) is 0 Å². The zero-order chi connectivity index (χ0) is 17.9. The summed E-state index contributed by atoms with van der Waals surface area (Å²) in [6.07, 6.45) is 4.69. The first-order chi connectivity index (χ1) is 12.7. The lowest BCUT2D eigenvalue weighted by molar-refractivity contribution is 0.230. The largest absolute Gasteiger partial charge is 0.494 e. The van der Waals surface area contributed by atoms with Gasteiger partial charge in [0.15, 0.2) is 0 Å². The van der Waals surface area contributed by atoms with Crippen LogP contribution < -0.4 is 4.74 Å². The molecule has 0 bridgehead atoms. The van der Waals surface area contributed by atoms with Crippen molar-refractivity contribution in [3.63, 3.8) is 0 Å². The molecule has 1 atom stereocenters. The molecule has 2 aromatic rings. The van der Waals surface area contributed by atoms with Crippen molar-refractivity contribution in [1.29, 1.82) is 0 Å². The van der Waals surface area contributed by atoms with Crippen LogP contribution in [0.15, 0.2) is 28.7 Å². The molecule has 0 amide bonds. The second-order valence-corrected chi connectivity index (χ2v) is 7.63. The fourth-order valence-corrected chi connectivity index (χ4v) is 3.93. The summed E-state index contributed by atoms with van der Waals surface area (Å²) >= 11 is 0. The SMILES string of the molecule is C[C@@H]1CCCN1CCCOc1ccc(-c2nc3c(o2)CCN(C)C3)cc1. The van der Waals surface area contributed by atoms with E-state index in [2.05, 4.69) is 28.8 Å². The Labute approximate surface area is 156 Å². The van der Waals surface area contributed by atoms with E-state index in [9.17, 15) is 0 Å². The molecule has 4 rings (SSSR count). The van der Waals surface area contributed by atoms with Gasteiger partial charge in [0.2, 0.25) is 5.89 Å². The summed E-state index contributed by atoms with van der Waals surface area (Å²) in [4.78, 5) is 9.51. The van der Waals surface area contributed by atoms with Crippen molar-refractivity contribution in [2.24, 2.45) is 0 Å². The lowest BCUT2D eigenvalue weighted by Crippen LogP contribution is -2.28. The van der Waals surface area contributed by atoms with Crippen LogP contribution in [-0.4, -0.2) is 54.1 Å². The van der Waals surface area contributed by atoms with Crippen molar-refractivity contribution in [3.8, 4) is 17.2 Å². The number of ether oxygens (including phenoxy) is 1. The monoisotopic (exact) mass is 355 g/mol. The van der Waals surface area contributed by atoms with Crippen LogP contribution >= 0.6 is 0 Å². The third-order valence-corrected chi connectivity index (χ3v) is 5.57. The Hall–Kier alpha value is -1.85. The molecule has 0 spiro atoms. The Kier molecular flexibility index (Phi) is 5.27. The van der Waals surface area contributed by atoms with Crippen LogP contribution in [0.4, 0.5) is 0 Å². The van der Waals surface area contributed by atoms with E-state index in [4.69, 9.17) is 9.15 Å². The quantitative estimate of drug-likeness (QED) is 0.741. The van der Waals surface area contributed by atoms with Crippen molar-refractivity contribution in [1.82, 2.24) is 14.8 Å². The van der Waals surface area contributed by atoms with E-state index < -0.39 is 0 Å². The normalized spacial score (nSPS) is 21.1. The third kappa shape index (κ3) is 3.94. The standard InChI is InChI=1S/C21H29N3O2/c1-16-5-3-11-24(16)12-4-14-25-18-8-6-17(7-9-18)21-22-19-15-23(2)13-10-20(19)26-21/h6-9,16H,3-5,10-15H2,1-2H3/t16-/m1/s1. The molecule has 26 heavy (non-hydrogen) atoms. The molecule has 0 N–H and O–H groups in total. The minimum Gasteiger partial charge on any atom is -0.494 e. The highest BCUT2D eigenvalue weighted by Gasteiger charge is 2.21. The maximum Gasteiger partial charge on any atom is 0.226 e. The second-order valence-electron chi connectivity index (χ2n) is 7.63. The maximum atomic E-state index is 5.96. The number of fused-ring (bicyclic) bond motifs is 1. The summed E-state index contributed by atoms with van der Waals surface area (Å²) in [5.74, 6) is 2.67. The molecule has 1 saturated heterocycles. The molecule has 1 aromatic carbocycles. The predicted octanol–water partition coefficient (Wildman–Crippen LogP) is 3.58. The molecule has 0 saturated carbocycles. The minimum atomic E-state index is 0.722. The average molecular weight is 355 g/mol. The van der Waals surface area contributed by atoms with Gasteiger partial charge in [0.1, 0.15) is 11.5 Å². The average Bonchev–Trinajstić information content (AvgIpc) is 3.25. The van der Waals surface area contributed by atoms with Gasteiger partial charge in [0, 0.05) is 37.7 Å². The highest BCUT2D eigenvalue weighted by Crippen LogP contribution is 2.27. The summed E-state index contributed by atoms with van der Waals surface area (Å²) < 4.78 is 11.9. The Morgan fingerprint density at radius 1 is 1.23 bits per heavy atom. The van der Waals surface area contributed by atoms with E-state index in [0.717, 1.165) is 73.8 Å². The first-order valence-electron chi connectivity index (χ1n) is 9.83. The van der Waals surface area contributed by atoms with Gasteiger partial charge in [-0.15, -0.1) is 0 Å². The van der Waals surface area contributed by atoms with Crippen molar-refractivity contribution >= 4 is 0 Å². The van der Waals surface area contributed by atoms with Crippen LogP contribution in [0.5, 0.6) is 5.75 Å². The molecule has 1 aromatic heterocycles. The molecule has 2 aliphatic heterocycles. The van der Waals surface area contributed by atoms with Gasteiger partial charge in [0.05, 0.1) is 12.3 Å².